The van der Waals surface area contributed by atoms with Crippen molar-refractivity contribution in [2.45, 2.75) is 26.2 Å². The number of fused-ring (bicyclic) bond motifs is 1. The van der Waals surface area contributed by atoms with E-state index < -0.39 is 5.97 Å². The van der Waals surface area contributed by atoms with Crippen LogP contribution in [0.5, 0.6) is 0 Å². The minimum absolute atomic E-state index is 0.163. The first-order valence-electron chi connectivity index (χ1n) is 11.3. The minimum Gasteiger partial charge on any atom is -0.452 e. The zero-order chi connectivity index (χ0) is 23.9. The highest BCUT2D eigenvalue weighted by molar-refractivity contribution is 5.94. The lowest BCUT2D eigenvalue weighted by atomic mass is 9.88. The lowest BCUT2D eigenvalue weighted by molar-refractivity contribution is -0.124. The van der Waals surface area contributed by atoms with Crippen molar-refractivity contribution in [2.24, 2.45) is 0 Å². The first-order valence-corrected chi connectivity index (χ1v) is 11.3. The molecule has 0 saturated carbocycles. The summed E-state index contributed by atoms with van der Waals surface area (Å²) in [5, 5.41) is 2.86. The van der Waals surface area contributed by atoms with E-state index in [4.69, 9.17) is 4.74 Å². The van der Waals surface area contributed by atoms with Gasteiger partial charge in [-0.3, -0.25) is 4.79 Å². The highest BCUT2D eigenvalue weighted by atomic mass is 16.5. The number of nitrogens with one attached hydrogen (secondary N) is 1. The van der Waals surface area contributed by atoms with Gasteiger partial charge >= 0.3 is 5.97 Å². The van der Waals surface area contributed by atoms with Gasteiger partial charge in [-0.1, -0.05) is 60.7 Å². The van der Waals surface area contributed by atoms with Gasteiger partial charge in [0.15, 0.2) is 6.61 Å². The molecule has 6 heteroatoms. The molecule has 0 spiro atoms. The molecule has 0 saturated heterocycles. The number of hydrogen-bond acceptors (Lipinski definition) is 5. The monoisotopic (exact) mass is 453 g/mol. The third-order valence-electron chi connectivity index (χ3n) is 5.80. The van der Waals surface area contributed by atoms with Gasteiger partial charge < -0.3 is 10.1 Å². The molecule has 0 unspecified atom stereocenters. The van der Waals surface area contributed by atoms with Gasteiger partial charge in [-0.25, -0.2) is 14.8 Å². The maximum atomic E-state index is 12.4. The normalized spacial score (nSPS) is 10.9. The van der Waals surface area contributed by atoms with Crippen LogP contribution in [-0.4, -0.2) is 35.0 Å². The fourth-order valence-corrected chi connectivity index (χ4v) is 3.88. The Labute approximate surface area is 199 Å². The molecule has 0 fully saturated rings. The Morgan fingerprint density at radius 3 is 2.03 bits per heavy atom. The van der Waals surface area contributed by atoms with Gasteiger partial charge in [-0.2, -0.15) is 0 Å². The fraction of sp³-hybridized carbons (Fsp3) is 0.214. The Balaban J connectivity index is 1.32. The number of hydrogen-bond donors (Lipinski definition) is 1. The molecule has 0 aliphatic heterocycles. The molecule has 1 aromatic heterocycles. The van der Waals surface area contributed by atoms with Crippen LogP contribution < -0.4 is 5.32 Å². The van der Waals surface area contributed by atoms with Crippen LogP contribution in [0.25, 0.3) is 11.0 Å². The molecule has 0 aliphatic rings. The maximum absolute atomic E-state index is 12.4. The van der Waals surface area contributed by atoms with E-state index in [1.54, 1.807) is 18.2 Å². The number of benzene rings is 3. The summed E-state index contributed by atoms with van der Waals surface area (Å²) < 4.78 is 5.22. The van der Waals surface area contributed by atoms with E-state index in [9.17, 15) is 9.59 Å². The topological polar surface area (TPSA) is 81.2 Å². The molecule has 1 N–H and O–H groups in total. The molecule has 3 aromatic carbocycles. The summed E-state index contributed by atoms with van der Waals surface area (Å²) in [6.45, 7) is 3.90. The first-order chi connectivity index (χ1) is 16.5. The molecule has 172 valence electrons. The molecular weight excluding hydrogens is 426 g/mol. The predicted octanol–water partition coefficient (Wildman–Crippen LogP) is 4.74. The average molecular weight is 454 g/mol. The summed E-state index contributed by atoms with van der Waals surface area (Å²) in [5.74, 6) is -0.736. The Bertz CT molecular complexity index is 1250. The van der Waals surface area contributed by atoms with Gasteiger partial charge in [-0.05, 0) is 49.6 Å². The molecule has 34 heavy (non-hydrogen) atoms. The van der Waals surface area contributed by atoms with Gasteiger partial charge in [0.1, 0.15) is 0 Å². The zero-order valence-electron chi connectivity index (χ0n) is 19.3. The lowest BCUT2D eigenvalue weighted by Gasteiger charge is -2.18. The van der Waals surface area contributed by atoms with E-state index in [0.717, 1.165) is 17.8 Å². The average Bonchev–Trinajstić information content (AvgIpc) is 2.86. The number of carbonyl (C=O) groups is 2. The van der Waals surface area contributed by atoms with Crippen LogP contribution in [0.4, 0.5) is 0 Å². The second-order valence-corrected chi connectivity index (χ2v) is 8.19. The van der Waals surface area contributed by atoms with Crippen LogP contribution >= 0.6 is 0 Å². The van der Waals surface area contributed by atoms with Crippen LogP contribution in [0.2, 0.25) is 0 Å². The number of nitrogens with zero attached hydrogens (tertiary/aromatic N) is 2. The number of aryl methyl sites for hydroxylation is 2. The van der Waals surface area contributed by atoms with E-state index >= 15 is 0 Å². The van der Waals surface area contributed by atoms with E-state index in [1.165, 1.54) is 11.1 Å². The maximum Gasteiger partial charge on any atom is 0.338 e. The third kappa shape index (κ3) is 5.64. The molecule has 0 atom stereocenters. The van der Waals surface area contributed by atoms with Crippen LogP contribution in [0.1, 0.15) is 45.2 Å². The van der Waals surface area contributed by atoms with Gasteiger partial charge in [0.05, 0.1) is 28.0 Å². The number of rotatable bonds is 8. The number of amides is 1. The van der Waals surface area contributed by atoms with Crippen molar-refractivity contribution in [3.05, 3.63) is 107 Å². The van der Waals surface area contributed by atoms with Gasteiger partial charge in [0, 0.05) is 12.5 Å². The Morgan fingerprint density at radius 1 is 0.824 bits per heavy atom. The molecule has 6 nitrogen and oxygen atoms in total. The molecule has 4 aromatic rings. The van der Waals surface area contributed by atoms with E-state index in [1.807, 2.05) is 50.2 Å². The van der Waals surface area contributed by atoms with Crippen LogP contribution in [0.15, 0.2) is 78.9 Å². The van der Waals surface area contributed by atoms with Gasteiger partial charge in [-0.15, -0.1) is 0 Å². The number of carbonyl (C=O) groups excluding carboxylic acids is 2. The molecule has 1 amide bonds. The predicted molar refractivity (Wildman–Crippen MR) is 132 cm³/mol. The lowest BCUT2D eigenvalue weighted by Crippen LogP contribution is -2.30. The summed E-state index contributed by atoms with van der Waals surface area (Å²) in [4.78, 5) is 33.7. The minimum atomic E-state index is -0.566. The van der Waals surface area contributed by atoms with Crippen molar-refractivity contribution >= 4 is 22.9 Å². The second kappa shape index (κ2) is 10.7. The van der Waals surface area contributed by atoms with Crippen molar-refractivity contribution in [1.82, 2.24) is 15.3 Å². The van der Waals surface area contributed by atoms with Crippen molar-refractivity contribution in [3.8, 4) is 0 Å². The standard InChI is InChI=1S/C28H27N3O3/c1-19-20(2)31-26-17-23(13-14-25(26)30-19)28(33)34-18-27(32)29-16-15-24(21-9-5-3-6-10-21)22-11-7-4-8-12-22/h3-14,17,24H,15-16,18H2,1-2H3,(H,29,32). The van der Waals surface area contributed by atoms with Crippen molar-refractivity contribution in [2.75, 3.05) is 13.2 Å². The third-order valence-corrected chi connectivity index (χ3v) is 5.80. The smallest absolute Gasteiger partial charge is 0.338 e. The number of aromatic nitrogens is 2. The van der Waals surface area contributed by atoms with Crippen molar-refractivity contribution in [3.63, 3.8) is 0 Å². The van der Waals surface area contributed by atoms with Crippen LogP contribution in [0.3, 0.4) is 0 Å². The Kier molecular flexibility index (Phi) is 7.28. The van der Waals surface area contributed by atoms with Gasteiger partial charge in [0.25, 0.3) is 5.91 Å². The summed E-state index contributed by atoms with van der Waals surface area (Å²) in [7, 11) is 0. The zero-order valence-corrected chi connectivity index (χ0v) is 19.3. The molecular formula is C28H27N3O3. The molecule has 0 radical (unpaired) electrons. The molecule has 0 bridgehead atoms. The summed E-state index contributed by atoms with van der Waals surface area (Å²) in [6, 6.07) is 25.4. The summed E-state index contributed by atoms with van der Waals surface area (Å²) in [5.41, 5.74) is 5.71. The number of ether oxygens (including phenoxy) is 1. The SMILES string of the molecule is Cc1nc2ccc(C(=O)OCC(=O)NCCC(c3ccccc3)c3ccccc3)cc2nc1C. The van der Waals surface area contributed by atoms with E-state index in [2.05, 4.69) is 39.6 Å². The van der Waals surface area contributed by atoms with Gasteiger partial charge in [0.2, 0.25) is 0 Å². The fourth-order valence-electron chi connectivity index (χ4n) is 3.88. The molecule has 0 aliphatic carbocycles. The largest absolute Gasteiger partial charge is 0.452 e. The molecule has 1 heterocycles. The highest BCUT2D eigenvalue weighted by Gasteiger charge is 2.15. The quantitative estimate of drug-likeness (QED) is 0.390. The van der Waals surface area contributed by atoms with Crippen LogP contribution in [0, 0.1) is 13.8 Å². The summed E-state index contributed by atoms with van der Waals surface area (Å²) in [6.07, 6.45) is 0.732. The molecule has 4 rings (SSSR count). The highest BCUT2D eigenvalue weighted by Crippen LogP contribution is 2.27. The summed E-state index contributed by atoms with van der Waals surface area (Å²) >= 11 is 0. The van der Waals surface area contributed by atoms with E-state index in [0.29, 0.717) is 23.1 Å². The van der Waals surface area contributed by atoms with E-state index in [-0.39, 0.29) is 18.4 Å². The second-order valence-electron chi connectivity index (χ2n) is 8.19. The number of esters is 1. The van der Waals surface area contributed by atoms with Crippen molar-refractivity contribution in [1.29, 1.82) is 0 Å². The Hall–Kier alpha value is -4.06. The first kappa shape index (κ1) is 23.1. The van der Waals surface area contributed by atoms with Crippen LogP contribution in [-0.2, 0) is 9.53 Å². The van der Waals surface area contributed by atoms with Crippen molar-refractivity contribution < 1.29 is 14.3 Å². The Morgan fingerprint density at radius 2 is 1.41 bits per heavy atom.